The second-order valence-electron chi connectivity index (χ2n) is 12.8. The van der Waals surface area contributed by atoms with Crippen molar-refractivity contribution < 1.29 is 41.1 Å². The highest BCUT2D eigenvalue weighted by Crippen LogP contribution is 2.58. The number of rotatable bonds is 6. The Kier molecular flexibility index (Phi) is 6.96. The minimum absolute atomic E-state index is 0.130. The molecule has 4 unspecified atom stereocenters. The molecule has 8 nitrogen and oxygen atoms in total. The highest BCUT2D eigenvalue weighted by Gasteiger charge is 2.63. The summed E-state index contributed by atoms with van der Waals surface area (Å²) in [5, 5.41) is 7.30. The minimum atomic E-state index is -5.26. The predicted octanol–water partition coefficient (Wildman–Crippen LogP) is 2.27. The van der Waals surface area contributed by atoms with Crippen molar-refractivity contribution in [1.29, 1.82) is 0 Å². The number of carbonyl (C=O) groups is 4. The zero-order valence-corrected chi connectivity index (χ0v) is 22.0. The topological polar surface area (TPSA) is 108 Å². The van der Waals surface area contributed by atoms with Gasteiger partial charge in [-0.3, -0.25) is 19.2 Å². The molecule has 0 aromatic heterocycles. The lowest BCUT2D eigenvalue weighted by Crippen LogP contribution is -2.60. The lowest BCUT2D eigenvalue weighted by atomic mass is 9.65. The van der Waals surface area contributed by atoms with Crippen molar-refractivity contribution in [1.82, 2.24) is 20.9 Å². The molecule has 0 aromatic rings. The molecule has 13 heteroatoms. The molecule has 216 valence electrons. The molecular formula is C26H33F5N4O4. The molecule has 3 N–H and O–H groups in total. The van der Waals surface area contributed by atoms with Crippen molar-refractivity contribution in [2.45, 2.75) is 101 Å². The molecule has 2 saturated carbocycles. The van der Waals surface area contributed by atoms with Gasteiger partial charge in [-0.1, -0.05) is 26.7 Å². The smallest absolute Gasteiger partial charge is 0.350 e. The predicted molar refractivity (Wildman–Crippen MR) is 128 cm³/mol. The van der Waals surface area contributed by atoms with Crippen LogP contribution in [-0.4, -0.2) is 70.8 Å². The van der Waals surface area contributed by atoms with E-state index in [9.17, 15) is 41.1 Å². The van der Waals surface area contributed by atoms with Gasteiger partial charge in [0.1, 0.15) is 12.1 Å². The molecule has 0 radical (unpaired) electrons. The molecule has 2 aliphatic carbocycles. The molecule has 2 saturated heterocycles. The summed E-state index contributed by atoms with van der Waals surface area (Å²) >= 11 is 0. The average molecular weight is 561 g/mol. The van der Waals surface area contributed by atoms with Crippen LogP contribution in [0.4, 0.5) is 22.0 Å². The van der Waals surface area contributed by atoms with E-state index in [1.165, 1.54) is 20.8 Å². The molecule has 2 heterocycles. The first kappa shape index (κ1) is 29.1. The highest BCUT2D eigenvalue weighted by atomic mass is 19.4. The van der Waals surface area contributed by atoms with Gasteiger partial charge >= 0.3 is 12.1 Å². The third kappa shape index (κ3) is 5.99. The maximum absolute atomic E-state index is 13.9. The summed E-state index contributed by atoms with van der Waals surface area (Å²) in [6.45, 7) is 4.05. The number of hydrogen-bond acceptors (Lipinski definition) is 4. The van der Waals surface area contributed by atoms with Crippen molar-refractivity contribution >= 4 is 23.6 Å². The summed E-state index contributed by atoms with van der Waals surface area (Å²) in [5.74, 6) is -5.18. The van der Waals surface area contributed by atoms with Gasteiger partial charge in [-0.25, -0.2) is 8.78 Å². The quantitative estimate of drug-likeness (QED) is 0.342. The number of nitrogens with one attached hydrogen (secondary N) is 3. The van der Waals surface area contributed by atoms with Gasteiger partial charge in [-0.05, 0) is 37.5 Å². The molecule has 0 bridgehead atoms. The second kappa shape index (κ2) is 9.34. The van der Waals surface area contributed by atoms with E-state index in [4.69, 9.17) is 6.42 Å². The van der Waals surface area contributed by atoms with Crippen LogP contribution in [0.5, 0.6) is 0 Å². The Morgan fingerprint density at radius 2 is 1.74 bits per heavy atom. The second-order valence-corrected chi connectivity index (χ2v) is 12.8. The molecule has 4 aliphatic rings. The van der Waals surface area contributed by atoms with Crippen LogP contribution in [0.1, 0.15) is 65.7 Å². The summed E-state index contributed by atoms with van der Waals surface area (Å²) in [6.07, 6.45) is 1.54. The third-order valence-corrected chi connectivity index (χ3v) is 8.29. The summed E-state index contributed by atoms with van der Waals surface area (Å²) < 4.78 is 66.8. The Labute approximate surface area is 223 Å². The van der Waals surface area contributed by atoms with Crippen LogP contribution in [0.2, 0.25) is 0 Å². The van der Waals surface area contributed by atoms with Crippen LogP contribution >= 0.6 is 0 Å². The summed E-state index contributed by atoms with van der Waals surface area (Å²) in [6, 6.07) is -3.86. The molecule has 2 aliphatic heterocycles. The number of amides is 4. The van der Waals surface area contributed by atoms with Crippen LogP contribution in [0, 0.1) is 29.1 Å². The van der Waals surface area contributed by atoms with E-state index < -0.39 is 77.5 Å². The molecule has 4 fully saturated rings. The summed E-state index contributed by atoms with van der Waals surface area (Å²) in [4.78, 5) is 52.1. The van der Waals surface area contributed by atoms with Gasteiger partial charge in [0.2, 0.25) is 23.6 Å². The van der Waals surface area contributed by atoms with Crippen LogP contribution < -0.4 is 16.0 Å². The molecule has 4 amide bonds. The maximum atomic E-state index is 13.9. The van der Waals surface area contributed by atoms with E-state index in [1.807, 2.05) is 0 Å². The Hall–Kier alpha value is -2.91. The first-order valence-corrected chi connectivity index (χ1v) is 12.9. The standard InChI is InChI=1S/C26H33F5N4O4/c1-5-15(8-14-9-24(6-7-24)34-18(14)36)32-19(37)16-10-23(11-25(27,28)12-23)13-35(16)20(38)17(22(2,3)4)33-21(39)26(29,30)31/h1,14-17H,6-13H2,2-4H3,(H,32,37)(H,33,39)(H,34,36). The van der Waals surface area contributed by atoms with Gasteiger partial charge in [0.25, 0.3) is 0 Å². The number of terminal acetylenes is 1. The van der Waals surface area contributed by atoms with Crippen LogP contribution in [-0.2, 0) is 19.2 Å². The summed E-state index contributed by atoms with van der Waals surface area (Å²) in [5.41, 5.74) is -2.49. The Balaban J connectivity index is 1.53. The number of alkyl halides is 5. The first-order chi connectivity index (χ1) is 17.8. The van der Waals surface area contributed by atoms with Gasteiger partial charge in [0.15, 0.2) is 0 Å². The van der Waals surface area contributed by atoms with Gasteiger partial charge in [0.05, 0.1) is 6.04 Å². The lowest BCUT2D eigenvalue weighted by Gasteiger charge is -2.44. The molecule has 4 atom stereocenters. The van der Waals surface area contributed by atoms with E-state index in [1.54, 1.807) is 5.32 Å². The number of halogens is 5. The Bertz CT molecular complexity index is 1100. The van der Waals surface area contributed by atoms with Gasteiger partial charge in [-0.15, -0.1) is 6.42 Å². The molecular weight excluding hydrogens is 527 g/mol. The first-order valence-electron chi connectivity index (χ1n) is 12.9. The van der Waals surface area contributed by atoms with Crippen LogP contribution in [0.15, 0.2) is 0 Å². The van der Waals surface area contributed by atoms with Crippen molar-refractivity contribution in [3.63, 3.8) is 0 Å². The largest absolute Gasteiger partial charge is 0.471 e. The fourth-order valence-corrected chi connectivity index (χ4v) is 6.22. The number of hydrogen-bond donors (Lipinski definition) is 3. The Morgan fingerprint density at radius 1 is 1.13 bits per heavy atom. The maximum Gasteiger partial charge on any atom is 0.471 e. The highest BCUT2D eigenvalue weighted by molar-refractivity contribution is 5.94. The monoisotopic (exact) mass is 560 g/mol. The molecule has 4 rings (SSSR count). The minimum Gasteiger partial charge on any atom is -0.350 e. The van der Waals surface area contributed by atoms with Crippen molar-refractivity contribution in [2.24, 2.45) is 16.7 Å². The lowest BCUT2D eigenvalue weighted by molar-refractivity contribution is -0.176. The van der Waals surface area contributed by atoms with Crippen LogP contribution in [0.3, 0.4) is 0 Å². The fourth-order valence-electron chi connectivity index (χ4n) is 6.22. The van der Waals surface area contributed by atoms with E-state index in [0.717, 1.165) is 17.7 Å². The van der Waals surface area contributed by atoms with Crippen molar-refractivity contribution in [2.75, 3.05) is 6.54 Å². The van der Waals surface area contributed by atoms with E-state index >= 15 is 0 Å². The summed E-state index contributed by atoms with van der Waals surface area (Å²) in [7, 11) is 0. The normalized spacial score (nSPS) is 27.8. The molecule has 0 aromatic carbocycles. The fraction of sp³-hybridized carbons (Fsp3) is 0.769. The molecule has 39 heavy (non-hydrogen) atoms. The van der Waals surface area contributed by atoms with E-state index in [-0.39, 0.29) is 30.8 Å². The number of nitrogens with zero attached hydrogens (tertiary/aromatic N) is 1. The SMILES string of the molecule is C#CC(CC1CC2(CC2)NC1=O)NC(=O)C1CC2(CN1C(=O)C(NC(=O)C(F)(F)F)C(C)(C)C)CC(F)(F)C2. The van der Waals surface area contributed by atoms with E-state index in [2.05, 4.69) is 16.6 Å². The zero-order chi connectivity index (χ0) is 29.2. The number of carbonyl (C=O) groups excluding carboxylic acids is 4. The van der Waals surface area contributed by atoms with Crippen molar-refractivity contribution in [3.8, 4) is 12.3 Å². The van der Waals surface area contributed by atoms with Gasteiger partial charge < -0.3 is 20.9 Å². The third-order valence-electron chi connectivity index (χ3n) is 8.29. The zero-order valence-electron chi connectivity index (χ0n) is 22.0. The average Bonchev–Trinajstić information content (AvgIpc) is 3.30. The molecule has 2 spiro atoms. The van der Waals surface area contributed by atoms with Gasteiger partial charge in [-0.2, -0.15) is 13.2 Å². The number of likely N-dealkylation sites (tertiary alicyclic amines) is 1. The Morgan fingerprint density at radius 3 is 2.21 bits per heavy atom. The van der Waals surface area contributed by atoms with E-state index in [0.29, 0.717) is 6.42 Å². The van der Waals surface area contributed by atoms with Crippen molar-refractivity contribution in [3.05, 3.63) is 0 Å². The van der Waals surface area contributed by atoms with Crippen LogP contribution in [0.25, 0.3) is 0 Å². The van der Waals surface area contributed by atoms with Gasteiger partial charge in [0, 0.05) is 36.3 Å².